The van der Waals surface area contributed by atoms with Gasteiger partial charge in [-0.15, -0.1) is 0 Å². The molecule has 0 spiro atoms. The molecule has 0 aromatic heterocycles. The monoisotopic (exact) mass is 370 g/mol. The van der Waals surface area contributed by atoms with Crippen molar-refractivity contribution in [2.45, 2.75) is 98.5 Å². The lowest BCUT2D eigenvalue weighted by Crippen LogP contribution is -2.45. The van der Waals surface area contributed by atoms with Gasteiger partial charge in [-0.1, -0.05) is 57.9 Å². The minimum atomic E-state index is -0.0384. The van der Waals surface area contributed by atoms with Crippen molar-refractivity contribution in [3.63, 3.8) is 0 Å². The lowest BCUT2D eigenvalue weighted by molar-refractivity contribution is 0.0145. The Morgan fingerprint density at radius 2 is 1.74 bits per heavy atom. The lowest BCUT2D eigenvalue weighted by Gasteiger charge is -2.55. The summed E-state index contributed by atoms with van der Waals surface area (Å²) in [5.41, 5.74) is 4.66. The van der Waals surface area contributed by atoms with Gasteiger partial charge < -0.3 is 5.11 Å². The van der Waals surface area contributed by atoms with Gasteiger partial charge in [0.25, 0.3) is 0 Å². The van der Waals surface area contributed by atoms with Crippen LogP contribution in [-0.4, -0.2) is 11.2 Å². The van der Waals surface area contributed by atoms with E-state index in [4.69, 9.17) is 0 Å². The summed E-state index contributed by atoms with van der Waals surface area (Å²) in [7, 11) is 0. The van der Waals surface area contributed by atoms with Crippen molar-refractivity contribution < 1.29 is 5.11 Å². The topological polar surface area (TPSA) is 20.2 Å². The molecule has 1 N–H and O–H groups in total. The average Bonchev–Trinajstić information content (AvgIpc) is 2.97. The summed E-state index contributed by atoms with van der Waals surface area (Å²) in [6.45, 7) is 12.3. The molecular weight excluding hydrogens is 328 g/mol. The van der Waals surface area contributed by atoms with Gasteiger partial charge in [0.2, 0.25) is 0 Å². The third-order valence-electron chi connectivity index (χ3n) is 9.47. The molecule has 0 heterocycles. The van der Waals surface area contributed by atoms with Crippen molar-refractivity contribution in [1.82, 2.24) is 0 Å². The number of aliphatic hydroxyl groups excluding tert-OH is 1. The first-order valence-electron chi connectivity index (χ1n) is 11.8. The maximum Gasteiger partial charge on any atom is 0.0543 e. The summed E-state index contributed by atoms with van der Waals surface area (Å²) in [5.74, 6) is 3.79. The largest absolute Gasteiger partial charge is 0.393 e. The molecule has 0 saturated heterocycles. The molecule has 0 aromatic carbocycles. The molecule has 4 aliphatic rings. The van der Waals surface area contributed by atoms with Gasteiger partial charge in [-0.25, -0.2) is 0 Å². The third-order valence-corrected chi connectivity index (χ3v) is 9.47. The Kier molecular flexibility index (Phi) is 5.15. The van der Waals surface area contributed by atoms with Crippen LogP contribution in [0.2, 0.25) is 0 Å². The number of allylic oxidation sites excluding steroid dienone is 4. The lowest BCUT2D eigenvalue weighted by atomic mass is 9.50. The molecule has 0 aromatic rings. The summed E-state index contributed by atoms with van der Waals surface area (Å²) in [6, 6.07) is 0. The molecule has 1 nitrogen and oxygen atoms in total. The summed E-state index contributed by atoms with van der Waals surface area (Å²) in [6.07, 6.45) is 16.4. The highest BCUT2D eigenvalue weighted by molar-refractivity contribution is 5.34. The molecule has 27 heavy (non-hydrogen) atoms. The molecule has 152 valence electrons. The van der Waals surface area contributed by atoms with Crippen LogP contribution in [0.4, 0.5) is 0 Å². The Hall–Kier alpha value is -0.560. The Balaban J connectivity index is 1.61. The van der Waals surface area contributed by atoms with Crippen LogP contribution in [0.1, 0.15) is 92.4 Å². The molecule has 4 rings (SSSR count). The fraction of sp³-hybridized carbons (Fsp3) is 0.846. The van der Waals surface area contributed by atoms with Gasteiger partial charge in [0.15, 0.2) is 0 Å². The van der Waals surface area contributed by atoms with E-state index >= 15 is 0 Å². The number of fused-ring (bicyclic) bond motifs is 4. The van der Waals surface area contributed by atoms with Crippen LogP contribution in [0, 0.1) is 40.4 Å². The summed E-state index contributed by atoms with van der Waals surface area (Å²) >= 11 is 0. The number of aliphatic hydroxyl groups is 1. The highest BCUT2D eigenvalue weighted by Crippen LogP contribution is 2.65. The minimum absolute atomic E-state index is 0.0384. The molecule has 0 aliphatic heterocycles. The second kappa shape index (κ2) is 7.05. The standard InChI is InChI=1S/C26H42O/c1-17(2)6-7-18(3)22-10-11-23-21-9-8-19-16-20(27)12-14-25(19,4)24(21)13-15-26(22,23)5/h6-7,17-20,22-23,27H,8-16H2,1-5H3/b7-6+/t18-,19+,20+,22?,23?,25?,26?/m1/s1. The Bertz CT molecular complexity index is 628. The van der Waals surface area contributed by atoms with Crippen molar-refractivity contribution in [3.05, 3.63) is 23.3 Å². The number of hydrogen-bond acceptors (Lipinski definition) is 1. The molecule has 1 heteroatoms. The van der Waals surface area contributed by atoms with Gasteiger partial charge in [-0.05, 0) is 98.2 Å². The average molecular weight is 371 g/mol. The van der Waals surface area contributed by atoms with E-state index in [9.17, 15) is 5.11 Å². The highest BCUT2D eigenvalue weighted by Gasteiger charge is 2.55. The fourth-order valence-electron chi connectivity index (χ4n) is 7.87. The highest BCUT2D eigenvalue weighted by atomic mass is 16.3. The molecule has 0 radical (unpaired) electrons. The zero-order valence-corrected chi connectivity index (χ0v) is 18.4. The maximum atomic E-state index is 10.2. The van der Waals surface area contributed by atoms with Crippen molar-refractivity contribution in [3.8, 4) is 0 Å². The fourth-order valence-corrected chi connectivity index (χ4v) is 7.87. The van der Waals surface area contributed by atoms with E-state index in [1.54, 1.807) is 0 Å². The van der Waals surface area contributed by atoms with Crippen LogP contribution in [0.25, 0.3) is 0 Å². The quantitative estimate of drug-likeness (QED) is 0.535. The SMILES string of the molecule is CC(C)/C=C/[C@@H](C)C1CCC2C3=C(CCC21C)C1(C)CC[C@H](O)C[C@@H]1CC3. The summed E-state index contributed by atoms with van der Waals surface area (Å²) < 4.78 is 0. The molecule has 2 saturated carbocycles. The maximum absolute atomic E-state index is 10.2. The van der Waals surface area contributed by atoms with Gasteiger partial charge >= 0.3 is 0 Å². The zero-order valence-electron chi connectivity index (χ0n) is 18.4. The smallest absolute Gasteiger partial charge is 0.0543 e. The molecule has 0 amide bonds. The molecule has 2 fully saturated rings. The van der Waals surface area contributed by atoms with E-state index in [1.807, 2.05) is 11.1 Å². The molecule has 4 aliphatic carbocycles. The molecular formula is C26H42O. The first kappa shape index (κ1) is 19.7. The van der Waals surface area contributed by atoms with Crippen molar-refractivity contribution in [2.75, 3.05) is 0 Å². The van der Waals surface area contributed by atoms with E-state index in [0.29, 0.717) is 22.7 Å². The van der Waals surface area contributed by atoms with Gasteiger partial charge in [0, 0.05) is 0 Å². The van der Waals surface area contributed by atoms with Crippen LogP contribution in [0.5, 0.6) is 0 Å². The van der Waals surface area contributed by atoms with E-state index in [1.165, 1.54) is 44.9 Å². The van der Waals surface area contributed by atoms with Crippen molar-refractivity contribution >= 4 is 0 Å². The second-order valence-electron chi connectivity index (χ2n) is 11.3. The normalized spacial score (nSPS) is 45.7. The van der Waals surface area contributed by atoms with E-state index < -0.39 is 0 Å². The van der Waals surface area contributed by atoms with Gasteiger partial charge in [-0.3, -0.25) is 0 Å². The van der Waals surface area contributed by atoms with Gasteiger partial charge in [-0.2, -0.15) is 0 Å². The van der Waals surface area contributed by atoms with Gasteiger partial charge in [0.05, 0.1) is 6.10 Å². The predicted molar refractivity (Wildman–Crippen MR) is 114 cm³/mol. The third kappa shape index (κ3) is 3.17. The molecule has 0 bridgehead atoms. The van der Waals surface area contributed by atoms with Crippen LogP contribution in [-0.2, 0) is 0 Å². The van der Waals surface area contributed by atoms with Crippen LogP contribution in [0.3, 0.4) is 0 Å². The predicted octanol–water partition coefficient (Wildman–Crippen LogP) is 6.92. The second-order valence-corrected chi connectivity index (χ2v) is 11.3. The van der Waals surface area contributed by atoms with Gasteiger partial charge in [0.1, 0.15) is 0 Å². The van der Waals surface area contributed by atoms with Crippen LogP contribution in [0.15, 0.2) is 23.3 Å². The van der Waals surface area contributed by atoms with Crippen LogP contribution >= 0.6 is 0 Å². The zero-order chi connectivity index (χ0) is 19.4. The summed E-state index contributed by atoms with van der Waals surface area (Å²) in [5, 5.41) is 10.2. The van der Waals surface area contributed by atoms with Crippen LogP contribution < -0.4 is 0 Å². The summed E-state index contributed by atoms with van der Waals surface area (Å²) in [4.78, 5) is 0. The number of rotatable bonds is 3. The van der Waals surface area contributed by atoms with E-state index in [2.05, 4.69) is 46.8 Å². The Morgan fingerprint density at radius 3 is 2.48 bits per heavy atom. The minimum Gasteiger partial charge on any atom is -0.393 e. The molecule has 4 unspecified atom stereocenters. The van der Waals surface area contributed by atoms with Crippen molar-refractivity contribution in [2.24, 2.45) is 40.4 Å². The Morgan fingerprint density at radius 1 is 0.963 bits per heavy atom. The first-order chi connectivity index (χ1) is 12.8. The van der Waals surface area contributed by atoms with E-state index in [-0.39, 0.29) is 6.10 Å². The Labute approximate surface area is 167 Å². The first-order valence-corrected chi connectivity index (χ1v) is 11.8. The van der Waals surface area contributed by atoms with E-state index in [0.717, 1.165) is 30.6 Å². The molecule has 7 atom stereocenters. The number of hydrogen-bond donors (Lipinski definition) is 1. The van der Waals surface area contributed by atoms with Crippen molar-refractivity contribution in [1.29, 1.82) is 0 Å².